The summed E-state index contributed by atoms with van der Waals surface area (Å²) in [5.74, 6) is 0.878. The SMILES string of the molecule is CCOC(=O)c1sc(Sc2ccccc2)c2c1CC(C1=CC=C(OC)CC1)CC2=O. The summed E-state index contributed by atoms with van der Waals surface area (Å²) in [5.41, 5.74) is 2.84. The number of fused-ring (bicyclic) bond motifs is 1. The highest BCUT2D eigenvalue weighted by Gasteiger charge is 2.36. The number of carbonyl (C=O) groups is 2. The molecule has 0 bridgehead atoms. The lowest BCUT2D eigenvalue weighted by molar-refractivity contribution is 0.0530. The van der Waals surface area contributed by atoms with Crippen LogP contribution in [0.5, 0.6) is 0 Å². The van der Waals surface area contributed by atoms with Crippen LogP contribution in [-0.4, -0.2) is 25.5 Å². The van der Waals surface area contributed by atoms with Gasteiger partial charge in [0.15, 0.2) is 5.78 Å². The van der Waals surface area contributed by atoms with Gasteiger partial charge in [-0.3, -0.25) is 4.79 Å². The molecule has 1 unspecified atom stereocenters. The van der Waals surface area contributed by atoms with Crippen LogP contribution in [0.15, 0.2) is 62.9 Å². The number of methoxy groups -OCH3 is 1. The van der Waals surface area contributed by atoms with Gasteiger partial charge in [0.05, 0.1) is 23.7 Å². The first-order valence-electron chi connectivity index (χ1n) is 10.1. The molecule has 1 heterocycles. The van der Waals surface area contributed by atoms with E-state index in [0.29, 0.717) is 24.3 Å². The Labute approximate surface area is 185 Å². The second-order valence-electron chi connectivity index (χ2n) is 7.31. The summed E-state index contributed by atoms with van der Waals surface area (Å²) in [7, 11) is 1.68. The molecule has 6 heteroatoms. The predicted octanol–water partition coefficient (Wildman–Crippen LogP) is 6.07. The first kappa shape index (κ1) is 20.9. The van der Waals surface area contributed by atoms with E-state index in [1.54, 1.807) is 25.8 Å². The van der Waals surface area contributed by atoms with Crippen molar-refractivity contribution < 1.29 is 19.1 Å². The van der Waals surface area contributed by atoms with E-state index < -0.39 is 0 Å². The monoisotopic (exact) mass is 440 g/mol. The van der Waals surface area contributed by atoms with Gasteiger partial charge in [0.25, 0.3) is 0 Å². The van der Waals surface area contributed by atoms with Crippen molar-refractivity contribution in [2.75, 3.05) is 13.7 Å². The third-order valence-corrected chi connectivity index (χ3v) is 7.88. The Hall–Kier alpha value is -2.31. The maximum atomic E-state index is 13.2. The fraction of sp³-hybridized carbons (Fsp3) is 0.333. The number of carbonyl (C=O) groups excluding carboxylic acids is 2. The van der Waals surface area contributed by atoms with Crippen molar-refractivity contribution in [2.24, 2.45) is 5.92 Å². The summed E-state index contributed by atoms with van der Waals surface area (Å²) in [6.07, 6.45) is 7.00. The number of ether oxygens (including phenoxy) is 2. The standard InChI is InChI=1S/C24H24O4S2/c1-3-28-23(26)22-19-13-16(15-9-11-17(27-2)12-10-15)14-20(25)21(19)24(30-22)29-18-7-5-4-6-8-18/h4-9,11,16H,3,10,12-14H2,1-2H3. The molecule has 2 aliphatic rings. The molecule has 4 nitrogen and oxygen atoms in total. The number of esters is 1. The summed E-state index contributed by atoms with van der Waals surface area (Å²) in [6.45, 7) is 2.12. The Kier molecular flexibility index (Phi) is 6.44. The summed E-state index contributed by atoms with van der Waals surface area (Å²) in [4.78, 5) is 27.6. The second-order valence-corrected chi connectivity index (χ2v) is 9.68. The average Bonchev–Trinajstić information content (AvgIpc) is 3.13. The Balaban J connectivity index is 1.70. The maximum absolute atomic E-state index is 13.2. The number of ketones is 1. The Morgan fingerprint density at radius 3 is 2.63 bits per heavy atom. The van der Waals surface area contributed by atoms with E-state index in [1.165, 1.54) is 16.9 Å². The Morgan fingerprint density at radius 1 is 1.17 bits per heavy atom. The van der Waals surface area contributed by atoms with Gasteiger partial charge in [-0.2, -0.15) is 0 Å². The van der Waals surface area contributed by atoms with E-state index in [0.717, 1.165) is 38.8 Å². The molecule has 1 atom stereocenters. The largest absolute Gasteiger partial charge is 0.501 e. The van der Waals surface area contributed by atoms with Gasteiger partial charge in [0.1, 0.15) is 4.88 Å². The fourth-order valence-corrected chi connectivity index (χ4v) is 6.53. The maximum Gasteiger partial charge on any atom is 0.348 e. The van der Waals surface area contributed by atoms with Gasteiger partial charge in [-0.15, -0.1) is 11.3 Å². The van der Waals surface area contributed by atoms with Crippen LogP contribution in [0, 0.1) is 5.92 Å². The number of hydrogen-bond donors (Lipinski definition) is 0. The number of hydrogen-bond acceptors (Lipinski definition) is 6. The second kappa shape index (κ2) is 9.23. The molecule has 2 aromatic rings. The van der Waals surface area contributed by atoms with E-state index >= 15 is 0 Å². The quantitative estimate of drug-likeness (QED) is 0.510. The van der Waals surface area contributed by atoms with Gasteiger partial charge in [0, 0.05) is 23.3 Å². The van der Waals surface area contributed by atoms with Gasteiger partial charge in [-0.25, -0.2) is 4.79 Å². The van der Waals surface area contributed by atoms with Crippen LogP contribution in [-0.2, 0) is 15.9 Å². The molecule has 30 heavy (non-hydrogen) atoms. The van der Waals surface area contributed by atoms with Crippen LogP contribution in [0.1, 0.15) is 51.8 Å². The van der Waals surface area contributed by atoms with Crippen molar-refractivity contribution in [1.82, 2.24) is 0 Å². The highest BCUT2D eigenvalue weighted by molar-refractivity contribution is 8.01. The molecule has 4 rings (SSSR count). The van der Waals surface area contributed by atoms with Gasteiger partial charge >= 0.3 is 5.97 Å². The van der Waals surface area contributed by atoms with Crippen LogP contribution in [0.4, 0.5) is 0 Å². The molecule has 0 aliphatic heterocycles. The fourth-order valence-electron chi connectivity index (χ4n) is 4.00. The highest BCUT2D eigenvalue weighted by Crippen LogP contribution is 2.46. The zero-order valence-electron chi connectivity index (χ0n) is 17.1. The molecular formula is C24H24O4S2. The first-order chi connectivity index (χ1) is 14.6. The number of Topliss-reactive ketones (excluding diaryl/α,β-unsaturated/α-hetero) is 1. The molecule has 0 spiro atoms. The van der Waals surface area contributed by atoms with E-state index in [1.807, 2.05) is 36.4 Å². The van der Waals surface area contributed by atoms with Gasteiger partial charge in [-0.05, 0) is 49.5 Å². The van der Waals surface area contributed by atoms with Gasteiger partial charge in [0.2, 0.25) is 0 Å². The lowest BCUT2D eigenvalue weighted by Gasteiger charge is -2.27. The topological polar surface area (TPSA) is 52.6 Å². The lowest BCUT2D eigenvalue weighted by Crippen LogP contribution is -2.23. The predicted molar refractivity (Wildman–Crippen MR) is 119 cm³/mol. The van der Waals surface area contributed by atoms with Crippen LogP contribution in [0.2, 0.25) is 0 Å². The molecule has 0 radical (unpaired) electrons. The summed E-state index contributed by atoms with van der Waals surface area (Å²) in [5, 5.41) is 0. The highest BCUT2D eigenvalue weighted by atomic mass is 32.2. The van der Waals surface area contributed by atoms with Crippen LogP contribution in [0.25, 0.3) is 0 Å². The van der Waals surface area contributed by atoms with Crippen molar-refractivity contribution in [1.29, 1.82) is 0 Å². The number of rotatable bonds is 6. The summed E-state index contributed by atoms with van der Waals surface area (Å²) >= 11 is 2.94. The van der Waals surface area contributed by atoms with E-state index in [-0.39, 0.29) is 17.7 Å². The average molecular weight is 441 g/mol. The molecule has 156 valence electrons. The van der Waals surface area contributed by atoms with Gasteiger partial charge < -0.3 is 9.47 Å². The van der Waals surface area contributed by atoms with Crippen LogP contribution in [0.3, 0.4) is 0 Å². The smallest absolute Gasteiger partial charge is 0.348 e. The molecule has 1 aromatic heterocycles. The Bertz CT molecular complexity index is 1020. The van der Waals surface area contributed by atoms with E-state index in [4.69, 9.17) is 9.47 Å². The number of allylic oxidation sites excluding steroid dienone is 4. The van der Waals surface area contributed by atoms with Crippen molar-refractivity contribution in [3.05, 3.63) is 69.8 Å². The zero-order valence-corrected chi connectivity index (χ0v) is 18.7. The molecule has 2 aliphatic carbocycles. The Morgan fingerprint density at radius 2 is 1.97 bits per heavy atom. The zero-order chi connectivity index (χ0) is 21.1. The minimum absolute atomic E-state index is 0.119. The molecular weight excluding hydrogens is 416 g/mol. The number of thiophene rings is 1. The molecule has 1 aromatic carbocycles. The summed E-state index contributed by atoms with van der Waals surface area (Å²) in [6, 6.07) is 9.95. The molecule has 0 N–H and O–H groups in total. The minimum Gasteiger partial charge on any atom is -0.501 e. The number of benzene rings is 1. The molecule has 0 fully saturated rings. The molecule has 0 amide bonds. The van der Waals surface area contributed by atoms with Crippen LogP contribution >= 0.6 is 23.1 Å². The van der Waals surface area contributed by atoms with E-state index in [2.05, 4.69) is 6.08 Å². The normalized spacial score (nSPS) is 18.3. The molecule has 0 saturated carbocycles. The van der Waals surface area contributed by atoms with E-state index in [9.17, 15) is 9.59 Å². The third kappa shape index (κ3) is 4.25. The first-order valence-corrected chi connectivity index (χ1v) is 11.8. The summed E-state index contributed by atoms with van der Waals surface area (Å²) < 4.78 is 11.5. The third-order valence-electron chi connectivity index (χ3n) is 5.48. The van der Waals surface area contributed by atoms with Crippen LogP contribution < -0.4 is 0 Å². The van der Waals surface area contributed by atoms with Crippen molar-refractivity contribution in [3.63, 3.8) is 0 Å². The molecule has 0 saturated heterocycles. The minimum atomic E-state index is -0.327. The lowest BCUT2D eigenvalue weighted by atomic mass is 9.77. The van der Waals surface area contributed by atoms with Crippen molar-refractivity contribution in [3.8, 4) is 0 Å². The van der Waals surface area contributed by atoms with Crippen molar-refractivity contribution in [2.45, 2.75) is 41.7 Å². The van der Waals surface area contributed by atoms with Gasteiger partial charge in [-0.1, -0.05) is 41.6 Å². The van der Waals surface area contributed by atoms with Crippen molar-refractivity contribution >= 4 is 34.9 Å².